The van der Waals surface area contributed by atoms with E-state index in [0.717, 1.165) is 31.7 Å². The maximum Gasteiger partial charge on any atom is 0.213 e. The number of rotatable bonds is 6. The molecule has 0 radical (unpaired) electrons. The number of likely N-dealkylation sites (tertiary alicyclic amines) is 1. The van der Waals surface area contributed by atoms with Crippen molar-refractivity contribution in [2.24, 2.45) is 0 Å². The summed E-state index contributed by atoms with van der Waals surface area (Å²) in [6.07, 6.45) is 1.77. The van der Waals surface area contributed by atoms with Gasteiger partial charge in [0.05, 0.1) is 17.5 Å². The molecule has 1 saturated heterocycles. The Hall–Kier alpha value is -0.920. The van der Waals surface area contributed by atoms with Crippen LogP contribution in [0.5, 0.6) is 0 Å². The molecular formula is C14H26N4O2S. The standard InChI is InChI=1S/C14H26N4O2S/c1-12-10-13(2)18(15-12)14-6-8-17(11-14)7-5-9-21(19,20)16(3)4/h10,14H,5-9,11H2,1-4H3. The van der Waals surface area contributed by atoms with Gasteiger partial charge in [0.25, 0.3) is 0 Å². The van der Waals surface area contributed by atoms with E-state index in [9.17, 15) is 8.42 Å². The molecule has 1 aromatic heterocycles. The van der Waals surface area contributed by atoms with E-state index in [2.05, 4.69) is 27.7 Å². The third-order valence-corrected chi connectivity index (χ3v) is 5.99. The fourth-order valence-electron chi connectivity index (χ4n) is 2.88. The Morgan fingerprint density at radius 1 is 1.38 bits per heavy atom. The summed E-state index contributed by atoms with van der Waals surface area (Å²) in [5.74, 6) is 0.223. The zero-order valence-corrected chi connectivity index (χ0v) is 14.2. The number of sulfonamides is 1. The molecule has 2 heterocycles. The summed E-state index contributed by atoms with van der Waals surface area (Å²) < 4.78 is 26.9. The van der Waals surface area contributed by atoms with Gasteiger partial charge >= 0.3 is 0 Å². The highest BCUT2D eigenvalue weighted by Gasteiger charge is 2.25. The molecule has 1 aromatic rings. The topological polar surface area (TPSA) is 58.4 Å². The maximum atomic E-state index is 11.7. The monoisotopic (exact) mass is 314 g/mol. The highest BCUT2D eigenvalue weighted by molar-refractivity contribution is 7.89. The fraction of sp³-hybridized carbons (Fsp3) is 0.786. The smallest absolute Gasteiger partial charge is 0.213 e. The fourth-order valence-corrected chi connectivity index (χ4v) is 3.74. The van der Waals surface area contributed by atoms with Crippen LogP contribution in [-0.4, -0.2) is 66.9 Å². The van der Waals surface area contributed by atoms with E-state index in [0.29, 0.717) is 12.5 Å². The molecule has 0 bridgehead atoms. The van der Waals surface area contributed by atoms with Gasteiger partial charge in [0.1, 0.15) is 0 Å². The molecule has 6 nitrogen and oxygen atoms in total. The predicted molar refractivity (Wildman–Crippen MR) is 83.9 cm³/mol. The molecule has 1 unspecified atom stereocenters. The minimum atomic E-state index is -3.07. The van der Waals surface area contributed by atoms with Crippen LogP contribution in [0.2, 0.25) is 0 Å². The lowest BCUT2D eigenvalue weighted by molar-refractivity contribution is 0.318. The van der Waals surface area contributed by atoms with Crippen molar-refractivity contribution in [2.75, 3.05) is 39.5 Å². The van der Waals surface area contributed by atoms with Crippen molar-refractivity contribution in [3.63, 3.8) is 0 Å². The molecule has 1 aliphatic heterocycles. The number of hydrogen-bond donors (Lipinski definition) is 0. The highest BCUT2D eigenvalue weighted by Crippen LogP contribution is 2.23. The van der Waals surface area contributed by atoms with Crippen molar-refractivity contribution in [1.82, 2.24) is 19.0 Å². The second-order valence-corrected chi connectivity index (χ2v) is 8.37. The molecule has 7 heteroatoms. The van der Waals surface area contributed by atoms with Gasteiger partial charge in [-0.3, -0.25) is 4.68 Å². The van der Waals surface area contributed by atoms with Crippen molar-refractivity contribution in [3.05, 3.63) is 17.5 Å². The minimum absolute atomic E-state index is 0.223. The lowest BCUT2D eigenvalue weighted by Crippen LogP contribution is -2.29. The summed E-state index contributed by atoms with van der Waals surface area (Å²) in [6, 6.07) is 2.52. The second kappa shape index (κ2) is 6.46. The zero-order chi connectivity index (χ0) is 15.6. The lowest BCUT2D eigenvalue weighted by atomic mass is 10.2. The number of nitrogens with zero attached hydrogens (tertiary/aromatic N) is 4. The van der Waals surface area contributed by atoms with Crippen molar-refractivity contribution < 1.29 is 8.42 Å². The average molecular weight is 314 g/mol. The summed E-state index contributed by atoms with van der Waals surface area (Å²) >= 11 is 0. The van der Waals surface area contributed by atoms with Gasteiger partial charge in [0.2, 0.25) is 10.0 Å². The number of hydrogen-bond acceptors (Lipinski definition) is 4. The summed E-state index contributed by atoms with van der Waals surface area (Å²) in [6.45, 7) is 6.92. The van der Waals surface area contributed by atoms with Crippen LogP contribution in [0.25, 0.3) is 0 Å². The molecule has 0 saturated carbocycles. The third kappa shape index (κ3) is 4.05. The van der Waals surface area contributed by atoms with Crippen LogP contribution in [-0.2, 0) is 10.0 Å². The maximum absolute atomic E-state index is 11.7. The third-order valence-electron chi connectivity index (χ3n) is 4.07. The normalized spacial score (nSPS) is 20.5. The molecule has 0 spiro atoms. The first-order chi connectivity index (χ1) is 9.79. The van der Waals surface area contributed by atoms with Crippen LogP contribution in [0.1, 0.15) is 30.3 Å². The first-order valence-electron chi connectivity index (χ1n) is 7.45. The van der Waals surface area contributed by atoms with Gasteiger partial charge in [-0.25, -0.2) is 12.7 Å². The van der Waals surface area contributed by atoms with Gasteiger partial charge in [0.15, 0.2) is 0 Å². The largest absolute Gasteiger partial charge is 0.301 e. The van der Waals surface area contributed by atoms with Crippen molar-refractivity contribution in [3.8, 4) is 0 Å². The van der Waals surface area contributed by atoms with Crippen LogP contribution in [0.3, 0.4) is 0 Å². The van der Waals surface area contributed by atoms with Crippen LogP contribution < -0.4 is 0 Å². The van der Waals surface area contributed by atoms with Crippen LogP contribution >= 0.6 is 0 Å². The molecule has 21 heavy (non-hydrogen) atoms. The predicted octanol–water partition coefficient (Wildman–Crippen LogP) is 1.03. The average Bonchev–Trinajstić information content (AvgIpc) is 2.95. The van der Waals surface area contributed by atoms with Crippen molar-refractivity contribution >= 4 is 10.0 Å². The molecule has 1 atom stereocenters. The van der Waals surface area contributed by atoms with E-state index in [4.69, 9.17) is 0 Å². The van der Waals surface area contributed by atoms with Gasteiger partial charge < -0.3 is 4.90 Å². The summed E-state index contributed by atoms with van der Waals surface area (Å²) in [5, 5.41) is 4.56. The Morgan fingerprint density at radius 2 is 2.10 bits per heavy atom. The minimum Gasteiger partial charge on any atom is -0.301 e. The number of aryl methyl sites for hydroxylation is 2. The molecule has 1 fully saturated rings. The van der Waals surface area contributed by atoms with Gasteiger partial charge in [-0.05, 0) is 39.3 Å². The van der Waals surface area contributed by atoms with E-state index < -0.39 is 10.0 Å². The summed E-state index contributed by atoms with van der Waals surface area (Å²) in [5.41, 5.74) is 2.26. The Kier molecular flexibility index (Phi) is 5.06. The van der Waals surface area contributed by atoms with E-state index >= 15 is 0 Å². The summed E-state index contributed by atoms with van der Waals surface area (Å²) in [4.78, 5) is 2.34. The van der Waals surface area contributed by atoms with E-state index in [1.807, 2.05) is 6.92 Å². The van der Waals surface area contributed by atoms with Crippen LogP contribution in [0, 0.1) is 13.8 Å². The Labute approximate surface area is 127 Å². The zero-order valence-electron chi connectivity index (χ0n) is 13.4. The Morgan fingerprint density at radius 3 is 2.67 bits per heavy atom. The van der Waals surface area contributed by atoms with Gasteiger partial charge in [0, 0.05) is 32.9 Å². The summed E-state index contributed by atoms with van der Waals surface area (Å²) in [7, 11) is 0.105. The number of aromatic nitrogens is 2. The second-order valence-electron chi connectivity index (χ2n) is 6.07. The first-order valence-corrected chi connectivity index (χ1v) is 9.06. The van der Waals surface area contributed by atoms with E-state index in [-0.39, 0.29) is 5.75 Å². The molecule has 120 valence electrons. The Bertz CT molecular complexity index is 580. The molecule has 0 N–H and O–H groups in total. The van der Waals surface area contributed by atoms with Gasteiger partial charge in [-0.2, -0.15) is 5.10 Å². The van der Waals surface area contributed by atoms with Crippen molar-refractivity contribution in [1.29, 1.82) is 0 Å². The molecule has 0 aromatic carbocycles. The molecule has 0 aliphatic carbocycles. The molecular weight excluding hydrogens is 288 g/mol. The van der Waals surface area contributed by atoms with Gasteiger partial charge in [-0.15, -0.1) is 0 Å². The Balaban J connectivity index is 1.82. The lowest BCUT2D eigenvalue weighted by Gasteiger charge is -2.17. The molecule has 0 amide bonds. The molecule has 1 aliphatic rings. The molecule has 2 rings (SSSR count). The van der Waals surface area contributed by atoms with Crippen LogP contribution in [0.4, 0.5) is 0 Å². The highest BCUT2D eigenvalue weighted by atomic mass is 32.2. The quantitative estimate of drug-likeness (QED) is 0.787. The van der Waals surface area contributed by atoms with E-state index in [1.54, 1.807) is 14.1 Å². The van der Waals surface area contributed by atoms with Crippen LogP contribution in [0.15, 0.2) is 6.07 Å². The first kappa shape index (κ1) is 16.5. The SMILES string of the molecule is Cc1cc(C)n(C2CCN(CCCS(=O)(=O)N(C)C)C2)n1. The van der Waals surface area contributed by atoms with E-state index in [1.165, 1.54) is 10.00 Å². The van der Waals surface area contributed by atoms with Gasteiger partial charge in [-0.1, -0.05) is 0 Å². The van der Waals surface area contributed by atoms with Crippen molar-refractivity contribution in [2.45, 2.75) is 32.7 Å².